The van der Waals surface area contributed by atoms with Crippen molar-refractivity contribution in [2.75, 3.05) is 18.9 Å². The number of halogens is 1. The van der Waals surface area contributed by atoms with Crippen LogP contribution in [0.4, 0.5) is 10.1 Å². The molecule has 2 heterocycles. The number of likely N-dealkylation sites (N-methyl/N-ethyl adjacent to an activating group) is 1. The molecule has 1 saturated heterocycles. The number of nitrogens with zero attached hydrogens (tertiary/aromatic N) is 1. The van der Waals surface area contributed by atoms with E-state index in [-0.39, 0.29) is 17.5 Å². The molecule has 5 heteroatoms. The first-order chi connectivity index (χ1) is 10.5. The number of nitrogens with one attached hydrogen (secondary N) is 1. The molecule has 2 unspecified atom stereocenters. The lowest BCUT2D eigenvalue weighted by atomic mass is 9.59. The second-order valence-corrected chi connectivity index (χ2v) is 6.74. The minimum Gasteiger partial charge on any atom is -0.324 e. The highest BCUT2D eigenvalue weighted by molar-refractivity contribution is 6.10. The summed E-state index contributed by atoms with van der Waals surface area (Å²) in [7, 11) is 1.87. The van der Waals surface area contributed by atoms with E-state index in [2.05, 4.69) is 5.32 Å². The smallest absolute Gasteiger partial charge is 0.250 e. The molecule has 4 rings (SSSR count). The molecule has 1 aromatic rings. The maximum atomic E-state index is 13.9. The van der Waals surface area contributed by atoms with Crippen LogP contribution in [0.25, 0.3) is 0 Å². The molecule has 1 aromatic carbocycles. The lowest BCUT2D eigenvalue weighted by molar-refractivity contribution is -0.147. The molecule has 2 aliphatic heterocycles. The number of rotatable bonds is 0. The van der Waals surface area contributed by atoms with Crippen LogP contribution in [-0.4, -0.2) is 30.2 Å². The van der Waals surface area contributed by atoms with Crippen molar-refractivity contribution in [1.82, 2.24) is 4.90 Å². The van der Waals surface area contributed by atoms with Gasteiger partial charge in [0, 0.05) is 24.2 Å². The summed E-state index contributed by atoms with van der Waals surface area (Å²) < 4.78 is 13.9. The molecule has 116 valence electrons. The zero-order valence-corrected chi connectivity index (χ0v) is 12.6. The third-order valence-corrected chi connectivity index (χ3v) is 5.88. The largest absolute Gasteiger partial charge is 0.324 e. The number of hydrogen-bond acceptors (Lipinski definition) is 3. The molecule has 0 bridgehead atoms. The van der Waals surface area contributed by atoms with Gasteiger partial charge in [-0.25, -0.2) is 4.39 Å². The van der Waals surface area contributed by atoms with Gasteiger partial charge in [-0.2, -0.15) is 0 Å². The Balaban J connectivity index is 2.00. The van der Waals surface area contributed by atoms with Gasteiger partial charge in [-0.1, -0.05) is 6.42 Å². The fourth-order valence-corrected chi connectivity index (χ4v) is 4.92. The molecular formula is C17H19FN2O2. The van der Waals surface area contributed by atoms with Crippen molar-refractivity contribution in [1.29, 1.82) is 0 Å². The Labute approximate surface area is 128 Å². The molecule has 1 amide bonds. The number of carbonyl (C=O) groups excluding carboxylic acids is 2. The van der Waals surface area contributed by atoms with E-state index in [1.165, 1.54) is 12.1 Å². The number of benzene rings is 1. The highest BCUT2D eigenvalue weighted by Gasteiger charge is 2.69. The van der Waals surface area contributed by atoms with Crippen molar-refractivity contribution in [3.63, 3.8) is 0 Å². The maximum Gasteiger partial charge on any atom is 0.250 e. The number of Topliss-reactive ketones (excluding diaryl/α,β-unsaturated/α-hetero) is 1. The second-order valence-electron chi connectivity index (χ2n) is 6.74. The summed E-state index contributed by atoms with van der Waals surface area (Å²) in [5.74, 6) is -0.382. The Bertz CT molecular complexity index is 685. The van der Waals surface area contributed by atoms with Gasteiger partial charge in [-0.3, -0.25) is 14.5 Å². The summed E-state index contributed by atoms with van der Waals surface area (Å²) >= 11 is 0. The average Bonchev–Trinajstić information content (AvgIpc) is 2.95. The Morgan fingerprint density at radius 2 is 2.05 bits per heavy atom. The molecule has 0 aromatic heterocycles. The van der Waals surface area contributed by atoms with Gasteiger partial charge < -0.3 is 5.32 Å². The third-order valence-electron chi connectivity index (χ3n) is 5.88. The molecule has 4 nitrogen and oxygen atoms in total. The van der Waals surface area contributed by atoms with E-state index in [0.29, 0.717) is 37.1 Å². The fraction of sp³-hybridized carbons (Fsp3) is 0.529. The van der Waals surface area contributed by atoms with Crippen LogP contribution < -0.4 is 5.32 Å². The highest BCUT2D eigenvalue weighted by Crippen LogP contribution is 2.61. The third kappa shape index (κ3) is 1.40. The summed E-state index contributed by atoms with van der Waals surface area (Å²) in [6, 6.07) is 4.38. The zero-order chi connectivity index (χ0) is 15.5. The summed E-state index contributed by atoms with van der Waals surface area (Å²) in [5.41, 5.74) is -0.476. The lowest BCUT2D eigenvalue weighted by Crippen LogP contribution is -2.58. The van der Waals surface area contributed by atoms with Crippen LogP contribution in [0.1, 0.15) is 37.7 Å². The van der Waals surface area contributed by atoms with Crippen LogP contribution >= 0.6 is 0 Å². The molecule has 1 aliphatic carbocycles. The van der Waals surface area contributed by atoms with Crippen LogP contribution in [0, 0.1) is 11.2 Å². The van der Waals surface area contributed by atoms with Gasteiger partial charge in [0.25, 0.3) is 5.91 Å². The van der Waals surface area contributed by atoms with Crippen molar-refractivity contribution in [2.45, 2.75) is 37.6 Å². The number of hydrogen-bond donors (Lipinski definition) is 1. The molecule has 0 radical (unpaired) electrons. The predicted molar refractivity (Wildman–Crippen MR) is 79.9 cm³/mol. The van der Waals surface area contributed by atoms with Gasteiger partial charge in [0.15, 0.2) is 0 Å². The highest BCUT2D eigenvalue weighted by atomic mass is 19.1. The Kier molecular flexibility index (Phi) is 2.77. The van der Waals surface area contributed by atoms with E-state index >= 15 is 0 Å². The SMILES string of the molecule is CN1CCC2(CCCCC2=O)C12C(=O)Nc1ccc(F)cc12. The Hall–Kier alpha value is -1.75. The maximum absolute atomic E-state index is 13.9. The molecule has 1 saturated carbocycles. The zero-order valence-electron chi connectivity index (χ0n) is 12.6. The monoisotopic (exact) mass is 302 g/mol. The molecule has 2 atom stereocenters. The Morgan fingerprint density at radius 1 is 1.23 bits per heavy atom. The molecular weight excluding hydrogens is 283 g/mol. The van der Waals surface area contributed by atoms with Crippen molar-refractivity contribution in [3.05, 3.63) is 29.6 Å². The number of fused-ring (bicyclic) bond motifs is 3. The minimum atomic E-state index is -1.04. The van der Waals surface area contributed by atoms with E-state index in [4.69, 9.17) is 0 Å². The first-order valence-corrected chi connectivity index (χ1v) is 7.88. The normalized spacial score (nSPS) is 34.5. The molecule has 2 spiro atoms. The summed E-state index contributed by atoms with van der Waals surface area (Å²) in [5, 5.41) is 2.88. The topological polar surface area (TPSA) is 49.4 Å². The standard InChI is InChI=1S/C17H19FN2O2/c1-20-9-8-16(7-3-2-4-14(16)21)17(20)12-10-11(18)5-6-13(12)19-15(17)22/h5-6,10H,2-4,7-9H2,1H3,(H,19,22). The summed E-state index contributed by atoms with van der Waals surface area (Å²) in [4.78, 5) is 27.8. The van der Waals surface area contributed by atoms with Crippen LogP contribution in [0.5, 0.6) is 0 Å². The number of likely N-dealkylation sites (tertiary alicyclic amines) is 1. The van der Waals surface area contributed by atoms with Gasteiger partial charge >= 0.3 is 0 Å². The van der Waals surface area contributed by atoms with Crippen molar-refractivity contribution in [3.8, 4) is 0 Å². The molecule has 3 aliphatic rings. The first kappa shape index (κ1) is 13.9. The van der Waals surface area contributed by atoms with Crippen LogP contribution in [-0.2, 0) is 15.1 Å². The van der Waals surface area contributed by atoms with Crippen LogP contribution in [0.15, 0.2) is 18.2 Å². The quantitative estimate of drug-likeness (QED) is 0.801. The van der Waals surface area contributed by atoms with Crippen molar-refractivity contribution < 1.29 is 14.0 Å². The summed E-state index contributed by atoms with van der Waals surface area (Å²) in [6.45, 7) is 0.676. The molecule has 1 N–H and O–H groups in total. The van der Waals surface area contributed by atoms with Gasteiger partial charge in [0.05, 0.1) is 5.41 Å². The number of amides is 1. The van der Waals surface area contributed by atoms with E-state index in [9.17, 15) is 14.0 Å². The number of ketones is 1. The van der Waals surface area contributed by atoms with E-state index in [0.717, 1.165) is 12.8 Å². The first-order valence-electron chi connectivity index (χ1n) is 7.88. The van der Waals surface area contributed by atoms with Gasteiger partial charge in [0.1, 0.15) is 17.1 Å². The van der Waals surface area contributed by atoms with E-state index < -0.39 is 11.0 Å². The number of carbonyl (C=O) groups is 2. The van der Waals surface area contributed by atoms with Crippen LogP contribution in [0.2, 0.25) is 0 Å². The van der Waals surface area contributed by atoms with Crippen LogP contribution in [0.3, 0.4) is 0 Å². The van der Waals surface area contributed by atoms with E-state index in [1.807, 2.05) is 11.9 Å². The Morgan fingerprint density at radius 3 is 2.82 bits per heavy atom. The lowest BCUT2D eigenvalue weighted by Gasteiger charge is -2.45. The summed E-state index contributed by atoms with van der Waals surface area (Å²) in [6.07, 6.45) is 3.73. The van der Waals surface area contributed by atoms with Crippen molar-refractivity contribution in [2.24, 2.45) is 5.41 Å². The fourth-order valence-electron chi connectivity index (χ4n) is 4.92. The second kappa shape index (κ2) is 4.38. The average molecular weight is 302 g/mol. The minimum absolute atomic E-state index is 0.162. The number of anilines is 1. The van der Waals surface area contributed by atoms with Gasteiger partial charge in [-0.15, -0.1) is 0 Å². The van der Waals surface area contributed by atoms with Gasteiger partial charge in [0.2, 0.25) is 0 Å². The van der Waals surface area contributed by atoms with Gasteiger partial charge in [-0.05, 0) is 44.5 Å². The van der Waals surface area contributed by atoms with E-state index in [1.54, 1.807) is 6.07 Å². The van der Waals surface area contributed by atoms with Crippen molar-refractivity contribution >= 4 is 17.4 Å². The molecule has 2 fully saturated rings. The molecule has 22 heavy (non-hydrogen) atoms. The predicted octanol–water partition coefficient (Wildman–Crippen LogP) is 2.44.